The van der Waals surface area contributed by atoms with E-state index in [4.69, 9.17) is 5.73 Å². The molecule has 0 radical (unpaired) electrons. The molecule has 2 heterocycles. The molecule has 5 nitrogen and oxygen atoms in total. The molecular formula is C18H20N4O. The lowest BCUT2D eigenvalue weighted by atomic mass is 10.0. The zero-order valence-electron chi connectivity index (χ0n) is 13.3. The predicted octanol–water partition coefficient (Wildman–Crippen LogP) is 2.76. The van der Waals surface area contributed by atoms with Crippen molar-refractivity contribution in [2.45, 2.75) is 19.9 Å². The van der Waals surface area contributed by atoms with E-state index in [0.29, 0.717) is 18.0 Å². The standard InChI is InChI=1S/C18H20N4O/c1-12(2)16-4-3-9-22(16)17(23)14-7-5-13(6-8-14)15-10-20-18(19)21-11-15/h3-8,10-12,16H,9H2,1-2H3,(H2,19,20,21)/t16-/m1/s1. The average molecular weight is 308 g/mol. The number of hydrogen-bond acceptors (Lipinski definition) is 4. The van der Waals surface area contributed by atoms with Crippen molar-refractivity contribution in [1.82, 2.24) is 14.9 Å². The molecular weight excluding hydrogens is 288 g/mol. The summed E-state index contributed by atoms with van der Waals surface area (Å²) in [5.41, 5.74) is 8.03. The van der Waals surface area contributed by atoms with E-state index in [9.17, 15) is 4.79 Å². The van der Waals surface area contributed by atoms with E-state index in [1.165, 1.54) is 0 Å². The molecule has 0 fully saturated rings. The molecule has 0 aliphatic carbocycles. The second-order valence-corrected chi connectivity index (χ2v) is 6.03. The summed E-state index contributed by atoms with van der Waals surface area (Å²) in [5.74, 6) is 0.722. The summed E-state index contributed by atoms with van der Waals surface area (Å²) in [4.78, 5) is 22.6. The van der Waals surface area contributed by atoms with E-state index in [0.717, 1.165) is 11.1 Å². The maximum Gasteiger partial charge on any atom is 0.254 e. The number of benzene rings is 1. The van der Waals surface area contributed by atoms with Crippen LogP contribution in [0.2, 0.25) is 0 Å². The van der Waals surface area contributed by atoms with E-state index in [1.54, 1.807) is 12.4 Å². The van der Waals surface area contributed by atoms with E-state index in [1.807, 2.05) is 29.2 Å². The molecule has 1 aliphatic rings. The van der Waals surface area contributed by atoms with Crippen LogP contribution in [0.25, 0.3) is 11.1 Å². The van der Waals surface area contributed by atoms with Gasteiger partial charge >= 0.3 is 0 Å². The van der Waals surface area contributed by atoms with Crippen LogP contribution < -0.4 is 5.73 Å². The van der Waals surface area contributed by atoms with E-state index >= 15 is 0 Å². The first-order valence-electron chi connectivity index (χ1n) is 7.72. The molecule has 5 heteroatoms. The molecule has 1 amide bonds. The maximum absolute atomic E-state index is 12.7. The Morgan fingerprint density at radius 1 is 1.17 bits per heavy atom. The number of nitrogen functional groups attached to an aromatic ring is 1. The number of carbonyl (C=O) groups is 1. The third kappa shape index (κ3) is 3.08. The number of nitrogens with zero attached hydrogens (tertiary/aromatic N) is 3. The summed E-state index contributed by atoms with van der Waals surface area (Å²) in [7, 11) is 0. The number of aromatic nitrogens is 2. The molecule has 1 aromatic heterocycles. The van der Waals surface area contributed by atoms with Gasteiger partial charge in [0.15, 0.2) is 0 Å². The summed E-state index contributed by atoms with van der Waals surface area (Å²) in [5, 5.41) is 0. The Bertz CT molecular complexity index is 720. The second-order valence-electron chi connectivity index (χ2n) is 6.03. The zero-order valence-corrected chi connectivity index (χ0v) is 13.3. The minimum atomic E-state index is 0.0637. The minimum absolute atomic E-state index is 0.0637. The van der Waals surface area contributed by atoms with Gasteiger partial charge in [-0.05, 0) is 23.6 Å². The third-order valence-electron chi connectivity index (χ3n) is 4.08. The van der Waals surface area contributed by atoms with Crippen molar-refractivity contribution in [1.29, 1.82) is 0 Å². The second kappa shape index (κ2) is 6.20. The lowest BCUT2D eigenvalue weighted by Crippen LogP contribution is -2.38. The van der Waals surface area contributed by atoms with Gasteiger partial charge in [-0.25, -0.2) is 9.97 Å². The van der Waals surface area contributed by atoms with Crippen LogP contribution in [-0.2, 0) is 0 Å². The van der Waals surface area contributed by atoms with Crippen LogP contribution in [0.3, 0.4) is 0 Å². The highest BCUT2D eigenvalue weighted by molar-refractivity contribution is 5.95. The first-order chi connectivity index (χ1) is 11.1. The molecule has 2 aromatic rings. The molecule has 3 rings (SSSR count). The Kier molecular flexibility index (Phi) is 4.10. The van der Waals surface area contributed by atoms with Crippen molar-refractivity contribution in [2.75, 3.05) is 12.3 Å². The van der Waals surface area contributed by atoms with Gasteiger partial charge in [0.25, 0.3) is 5.91 Å². The van der Waals surface area contributed by atoms with Gasteiger partial charge < -0.3 is 10.6 Å². The normalized spacial score (nSPS) is 17.0. The Balaban J connectivity index is 1.79. The lowest BCUT2D eigenvalue weighted by Gasteiger charge is -2.27. The number of nitrogens with two attached hydrogens (primary N) is 1. The molecule has 1 aromatic carbocycles. The number of rotatable bonds is 3. The smallest absolute Gasteiger partial charge is 0.254 e. The Morgan fingerprint density at radius 2 is 1.83 bits per heavy atom. The summed E-state index contributed by atoms with van der Waals surface area (Å²) < 4.78 is 0. The molecule has 0 spiro atoms. The molecule has 0 unspecified atom stereocenters. The highest BCUT2D eigenvalue weighted by Crippen LogP contribution is 2.23. The van der Waals surface area contributed by atoms with Crippen molar-refractivity contribution >= 4 is 11.9 Å². The monoisotopic (exact) mass is 308 g/mol. The van der Waals surface area contributed by atoms with Gasteiger partial charge in [0.2, 0.25) is 5.95 Å². The molecule has 2 N–H and O–H groups in total. The fourth-order valence-corrected chi connectivity index (χ4v) is 2.80. The molecule has 1 aliphatic heterocycles. The first-order valence-corrected chi connectivity index (χ1v) is 7.72. The first kappa shape index (κ1) is 15.2. The quantitative estimate of drug-likeness (QED) is 0.885. The van der Waals surface area contributed by atoms with Gasteiger partial charge in [-0.2, -0.15) is 0 Å². The lowest BCUT2D eigenvalue weighted by molar-refractivity contribution is 0.0720. The number of amides is 1. The summed E-state index contributed by atoms with van der Waals surface area (Å²) in [6, 6.07) is 7.70. The molecule has 0 saturated carbocycles. The van der Waals surface area contributed by atoms with Crippen LogP contribution >= 0.6 is 0 Å². The molecule has 0 saturated heterocycles. The number of anilines is 1. The van der Waals surface area contributed by atoms with Crippen molar-refractivity contribution in [2.24, 2.45) is 5.92 Å². The maximum atomic E-state index is 12.7. The molecule has 118 valence electrons. The summed E-state index contributed by atoms with van der Waals surface area (Å²) in [6.45, 7) is 4.94. The predicted molar refractivity (Wildman–Crippen MR) is 90.7 cm³/mol. The van der Waals surface area contributed by atoms with Crippen LogP contribution in [0, 0.1) is 5.92 Å². The van der Waals surface area contributed by atoms with Crippen LogP contribution in [0.4, 0.5) is 5.95 Å². The van der Waals surface area contributed by atoms with Gasteiger partial charge in [0, 0.05) is 30.1 Å². The van der Waals surface area contributed by atoms with Crippen molar-refractivity contribution < 1.29 is 4.79 Å². The van der Waals surface area contributed by atoms with Crippen molar-refractivity contribution in [3.8, 4) is 11.1 Å². The zero-order chi connectivity index (χ0) is 16.4. The molecule has 23 heavy (non-hydrogen) atoms. The van der Waals surface area contributed by atoms with Gasteiger partial charge in [-0.15, -0.1) is 0 Å². The molecule has 1 atom stereocenters. The van der Waals surface area contributed by atoms with Crippen molar-refractivity contribution in [3.05, 3.63) is 54.4 Å². The van der Waals surface area contributed by atoms with E-state index in [-0.39, 0.29) is 17.9 Å². The Hall–Kier alpha value is -2.69. The van der Waals surface area contributed by atoms with Gasteiger partial charge in [0.05, 0.1) is 6.04 Å². The van der Waals surface area contributed by atoms with Crippen LogP contribution in [0.5, 0.6) is 0 Å². The van der Waals surface area contributed by atoms with Gasteiger partial charge in [-0.1, -0.05) is 38.1 Å². The fourth-order valence-electron chi connectivity index (χ4n) is 2.80. The van der Waals surface area contributed by atoms with Crippen LogP contribution in [0.15, 0.2) is 48.8 Å². The largest absolute Gasteiger partial charge is 0.368 e. The van der Waals surface area contributed by atoms with Crippen LogP contribution in [-0.4, -0.2) is 33.4 Å². The Labute approximate surface area is 135 Å². The average Bonchev–Trinajstić information content (AvgIpc) is 3.05. The van der Waals surface area contributed by atoms with Gasteiger partial charge in [-0.3, -0.25) is 4.79 Å². The summed E-state index contributed by atoms with van der Waals surface area (Å²) in [6.07, 6.45) is 7.53. The Morgan fingerprint density at radius 3 is 2.43 bits per heavy atom. The fraction of sp³-hybridized carbons (Fsp3) is 0.278. The van der Waals surface area contributed by atoms with E-state index < -0.39 is 0 Å². The number of hydrogen-bond donors (Lipinski definition) is 1. The molecule has 0 bridgehead atoms. The highest BCUT2D eigenvalue weighted by atomic mass is 16.2. The van der Waals surface area contributed by atoms with Crippen molar-refractivity contribution in [3.63, 3.8) is 0 Å². The van der Waals surface area contributed by atoms with Crippen LogP contribution in [0.1, 0.15) is 24.2 Å². The highest BCUT2D eigenvalue weighted by Gasteiger charge is 2.27. The number of carbonyl (C=O) groups excluding carboxylic acids is 1. The topological polar surface area (TPSA) is 72.1 Å². The summed E-state index contributed by atoms with van der Waals surface area (Å²) >= 11 is 0. The third-order valence-corrected chi connectivity index (χ3v) is 4.08. The van der Waals surface area contributed by atoms with E-state index in [2.05, 4.69) is 36.0 Å². The minimum Gasteiger partial charge on any atom is -0.368 e. The van der Waals surface area contributed by atoms with Gasteiger partial charge in [0.1, 0.15) is 0 Å². The SMILES string of the molecule is CC(C)[C@H]1C=CCN1C(=O)c1ccc(-c2cnc(N)nc2)cc1.